The van der Waals surface area contributed by atoms with Gasteiger partial charge in [-0.05, 0) is 50.1 Å². The van der Waals surface area contributed by atoms with E-state index in [4.69, 9.17) is 5.11 Å². The summed E-state index contributed by atoms with van der Waals surface area (Å²) in [5.74, 6) is -0.975. The topological polar surface area (TPSA) is 95.5 Å². The fraction of sp³-hybridized carbons (Fsp3) is 0.316. The molecule has 0 spiro atoms. The van der Waals surface area contributed by atoms with E-state index in [0.717, 1.165) is 5.56 Å². The Hall–Kier alpha value is -2.22. The maximum Gasteiger partial charge on any atom is 0.335 e. The normalized spacial score (nSPS) is 12.1. The molecule has 2 rings (SSSR count). The van der Waals surface area contributed by atoms with Crippen molar-refractivity contribution in [1.82, 2.24) is 10.0 Å². The standard InChI is InChI=1S/C19H24N2O4S/c1-19(2,3)21-26(24,25)17-10-5-4-8-16(17)13-20-12-14-7-6-9-15(11-14)18(22)23/h4-11,20-21H,12-13H2,1-3H3,(H,22,23). The van der Waals surface area contributed by atoms with Crippen LogP contribution in [-0.4, -0.2) is 25.0 Å². The second-order valence-corrected chi connectivity index (χ2v) is 8.72. The van der Waals surface area contributed by atoms with Gasteiger partial charge in [0.05, 0.1) is 10.5 Å². The SMILES string of the molecule is CC(C)(C)NS(=O)(=O)c1ccccc1CNCc1cccc(C(=O)O)c1. The summed E-state index contributed by atoms with van der Waals surface area (Å²) < 4.78 is 27.9. The molecule has 0 saturated heterocycles. The minimum atomic E-state index is -3.63. The molecule has 26 heavy (non-hydrogen) atoms. The second kappa shape index (κ2) is 7.99. The summed E-state index contributed by atoms with van der Waals surface area (Å²) in [6.07, 6.45) is 0. The van der Waals surface area contributed by atoms with E-state index >= 15 is 0 Å². The van der Waals surface area contributed by atoms with Crippen LogP contribution in [0.3, 0.4) is 0 Å². The quantitative estimate of drug-likeness (QED) is 0.691. The fourth-order valence-corrected chi connectivity index (χ4v) is 4.19. The summed E-state index contributed by atoms with van der Waals surface area (Å²) in [6.45, 7) is 6.16. The van der Waals surface area contributed by atoms with E-state index in [1.807, 2.05) is 6.07 Å². The maximum absolute atomic E-state index is 12.6. The highest BCUT2D eigenvalue weighted by Crippen LogP contribution is 2.18. The van der Waals surface area contributed by atoms with Gasteiger partial charge in [-0.2, -0.15) is 0 Å². The predicted octanol–water partition coefficient (Wildman–Crippen LogP) is 2.75. The van der Waals surface area contributed by atoms with E-state index in [2.05, 4.69) is 10.0 Å². The molecule has 0 fully saturated rings. The number of nitrogens with one attached hydrogen (secondary N) is 2. The molecule has 0 amide bonds. The van der Waals surface area contributed by atoms with Crippen molar-refractivity contribution in [2.45, 2.75) is 44.3 Å². The van der Waals surface area contributed by atoms with E-state index in [9.17, 15) is 13.2 Å². The Balaban J connectivity index is 2.12. The molecule has 2 aromatic rings. The number of carboxylic acid groups (broad SMARTS) is 1. The van der Waals surface area contributed by atoms with Crippen LogP contribution in [0.4, 0.5) is 0 Å². The number of aromatic carboxylic acids is 1. The summed E-state index contributed by atoms with van der Waals surface area (Å²) in [5.41, 5.74) is 1.12. The van der Waals surface area contributed by atoms with Crippen LogP contribution in [0, 0.1) is 0 Å². The number of carboxylic acids is 1. The van der Waals surface area contributed by atoms with Crippen LogP contribution in [0.25, 0.3) is 0 Å². The van der Waals surface area contributed by atoms with Gasteiger partial charge in [0.15, 0.2) is 0 Å². The molecule has 0 aliphatic carbocycles. The molecule has 0 atom stereocenters. The average molecular weight is 376 g/mol. The largest absolute Gasteiger partial charge is 0.478 e. The molecule has 0 aliphatic rings. The lowest BCUT2D eigenvalue weighted by atomic mass is 10.1. The van der Waals surface area contributed by atoms with Crippen molar-refractivity contribution < 1.29 is 18.3 Å². The van der Waals surface area contributed by atoms with Crippen LogP contribution in [-0.2, 0) is 23.1 Å². The van der Waals surface area contributed by atoms with Crippen molar-refractivity contribution in [3.63, 3.8) is 0 Å². The van der Waals surface area contributed by atoms with Gasteiger partial charge in [0.1, 0.15) is 0 Å². The molecule has 7 heteroatoms. The first-order valence-corrected chi connectivity index (χ1v) is 9.72. The van der Waals surface area contributed by atoms with E-state index in [1.54, 1.807) is 57.2 Å². The van der Waals surface area contributed by atoms with E-state index in [1.165, 1.54) is 6.07 Å². The zero-order valence-electron chi connectivity index (χ0n) is 15.1. The zero-order chi connectivity index (χ0) is 19.4. The third kappa shape index (κ3) is 5.66. The number of rotatable bonds is 7. The lowest BCUT2D eigenvalue weighted by Crippen LogP contribution is -2.40. The monoisotopic (exact) mass is 376 g/mol. The number of benzene rings is 2. The van der Waals surface area contributed by atoms with Gasteiger partial charge in [0.25, 0.3) is 0 Å². The van der Waals surface area contributed by atoms with Gasteiger partial charge < -0.3 is 10.4 Å². The first-order valence-electron chi connectivity index (χ1n) is 8.23. The van der Waals surface area contributed by atoms with E-state index in [0.29, 0.717) is 18.7 Å². The van der Waals surface area contributed by atoms with Gasteiger partial charge in [0.2, 0.25) is 10.0 Å². The molecule has 0 heterocycles. The van der Waals surface area contributed by atoms with Crippen molar-refractivity contribution in [1.29, 1.82) is 0 Å². The second-order valence-electron chi connectivity index (χ2n) is 7.07. The minimum Gasteiger partial charge on any atom is -0.478 e. The van der Waals surface area contributed by atoms with Crippen LogP contribution in [0.15, 0.2) is 53.4 Å². The summed E-state index contributed by atoms with van der Waals surface area (Å²) in [5, 5.41) is 12.2. The van der Waals surface area contributed by atoms with Gasteiger partial charge >= 0.3 is 5.97 Å². The molecule has 0 aliphatic heterocycles. The fourth-order valence-electron chi connectivity index (χ4n) is 2.53. The van der Waals surface area contributed by atoms with Crippen molar-refractivity contribution >= 4 is 16.0 Å². The Kier molecular flexibility index (Phi) is 6.17. The first-order chi connectivity index (χ1) is 12.1. The van der Waals surface area contributed by atoms with Gasteiger partial charge in [0, 0.05) is 18.6 Å². The lowest BCUT2D eigenvalue weighted by molar-refractivity contribution is 0.0696. The van der Waals surface area contributed by atoms with Crippen LogP contribution in [0.1, 0.15) is 42.3 Å². The Labute approximate surface area is 154 Å². The van der Waals surface area contributed by atoms with Crippen LogP contribution < -0.4 is 10.0 Å². The number of sulfonamides is 1. The number of carbonyl (C=O) groups is 1. The Bertz CT molecular complexity index is 886. The summed E-state index contributed by atoms with van der Waals surface area (Å²) in [4.78, 5) is 11.3. The Morgan fingerprint density at radius 2 is 1.73 bits per heavy atom. The highest BCUT2D eigenvalue weighted by Gasteiger charge is 2.24. The number of hydrogen-bond acceptors (Lipinski definition) is 4. The third-order valence-electron chi connectivity index (χ3n) is 3.52. The van der Waals surface area contributed by atoms with Crippen LogP contribution in [0.2, 0.25) is 0 Å². The molecular weight excluding hydrogens is 352 g/mol. The molecule has 0 unspecified atom stereocenters. The molecule has 0 bridgehead atoms. The molecule has 0 aromatic heterocycles. The third-order valence-corrected chi connectivity index (χ3v) is 5.38. The van der Waals surface area contributed by atoms with Gasteiger partial charge in [-0.15, -0.1) is 0 Å². The minimum absolute atomic E-state index is 0.224. The van der Waals surface area contributed by atoms with Crippen LogP contribution in [0.5, 0.6) is 0 Å². The molecule has 6 nitrogen and oxygen atoms in total. The summed E-state index contributed by atoms with van der Waals surface area (Å²) in [6, 6.07) is 13.5. The van der Waals surface area contributed by atoms with Crippen molar-refractivity contribution in [2.75, 3.05) is 0 Å². The molecule has 2 aromatic carbocycles. The average Bonchev–Trinajstić information content (AvgIpc) is 2.53. The molecule has 0 radical (unpaired) electrons. The van der Waals surface area contributed by atoms with Crippen molar-refractivity contribution in [2.24, 2.45) is 0 Å². The molecular formula is C19H24N2O4S. The molecule has 0 saturated carbocycles. The van der Waals surface area contributed by atoms with Gasteiger partial charge in [-0.25, -0.2) is 17.9 Å². The highest BCUT2D eigenvalue weighted by molar-refractivity contribution is 7.89. The van der Waals surface area contributed by atoms with E-state index < -0.39 is 21.5 Å². The smallest absolute Gasteiger partial charge is 0.335 e. The maximum atomic E-state index is 12.6. The highest BCUT2D eigenvalue weighted by atomic mass is 32.2. The summed E-state index contributed by atoms with van der Waals surface area (Å²) in [7, 11) is -3.63. The van der Waals surface area contributed by atoms with Gasteiger partial charge in [-0.3, -0.25) is 0 Å². The molecule has 140 valence electrons. The lowest BCUT2D eigenvalue weighted by Gasteiger charge is -2.21. The van der Waals surface area contributed by atoms with Crippen molar-refractivity contribution in [3.05, 3.63) is 65.2 Å². The van der Waals surface area contributed by atoms with Gasteiger partial charge in [-0.1, -0.05) is 30.3 Å². The summed E-state index contributed by atoms with van der Waals surface area (Å²) >= 11 is 0. The molecule has 3 N–H and O–H groups in total. The predicted molar refractivity (Wildman–Crippen MR) is 100 cm³/mol. The van der Waals surface area contributed by atoms with Crippen molar-refractivity contribution in [3.8, 4) is 0 Å². The zero-order valence-corrected chi connectivity index (χ0v) is 15.9. The van der Waals surface area contributed by atoms with E-state index in [-0.39, 0.29) is 10.5 Å². The van der Waals surface area contributed by atoms with Crippen LogP contribution >= 0.6 is 0 Å². The Morgan fingerprint density at radius 1 is 1.04 bits per heavy atom. The number of hydrogen-bond donors (Lipinski definition) is 3. The Morgan fingerprint density at radius 3 is 2.38 bits per heavy atom. The first kappa shape index (κ1) is 20.1.